The number of hydrogen-bond donors (Lipinski definition) is 0. The smallest absolute Gasteiger partial charge is 0.289 e. The monoisotopic (exact) mass is 496 g/mol. The van der Waals surface area contributed by atoms with E-state index >= 15 is 0 Å². The van der Waals surface area contributed by atoms with E-state index in [1.807, 2.05) is 30.3 Å². The highest BCUT2D eigenvalue weighted by molar-refractivity contribution is 6.31. The first-order valence-corrected chi connectivity index (χ1v) is 12.0. The van der Waals surface area contributed by atoms with Gasteiger partial charge in [-0.25, -0.2) is 0 Å². The molecule has 0 saturated carbocycles. The van der Waals surface area contributed by atoms with Crippen molar-refractivity contribution in [1.82, 2.24) is 9.80 Å². The summed E-state index contributed by atoms with van der Waals surface area (Å²) in [5.41, 5.74) is 2.03. The molecule has 0 bridgehead atoms. The summed E-state index contributed by atoms with van der Waals surface area (Å²) in [6.07, 6.45) is 0. The Hall–Kier alpha value is -3.36. The van der Waals surface area contributed by atoms with E-state index in [1.54, 1.807) is 23.1 Å². The predicted molar refractivity (Wildman–Crippen MR) is 136 cm³/mol. The lowest BCUT2D eigenvalue weighted by Crippen LogP contribution is -2.48. The van der Waals surface area contributed by atoms with Crippen LogP contribution in [0.1, 0.15) is 35.7 Å². The summed E-state index contributed by atoms with van der Waals surface area (Å²) in [6.45, 7) is 7.90. The molecular weight excluding hydrogens is 468 g/mol. The first-order chi connectivity index (χ1) is 16.8. The van der Waals surface area contributed by atoms with Crippen molar-refractivity contribution in [2.45, 2.75) is 33.0 Å². The van der Waals surface area contributed by atoms with E-state index in [4.69, 9.17) is 16.0 Å². The summed E-state index contributed by atoms with van der Waals surface area (Å²) >= 11 is 6.35. The molecule has 0 aliphatic carbocycles. The van der Waals surface area contributed by atoms with Gasteiger partial charge in [0.2, 0.25) is 0 Å². The molecule has 1 aliphatic rings. The number of carbonyl (C=O) groups excluding carboxylic acids is 1. The Morgan fingerprint density at radius 3 is 2.34 bits per heavy atom. The first-order valence-electron chi connectivity index (χ1n) is 11.7. The maximum Gasteiger partial charge on any atom is 0.289 e. The van der Waals surface area contributed by atoms with Crippen LogP contribution in [0.5, 0.6) is 0 Å². The molecule has 1 aliphatic heterocycles. The molecule has 1 saturated heterocycles. The summed E-state index contributed by atoms with van der Waals surface area (Å²) in [6, 6.07) is 18.2. The van der Waals surface area contributed by atoms with Crippen LogP contribution in [0.25, 0.3) is 0 Å². The van der Waals surface area contributed by atoms with Gasteiger partial charge < -0.3 is 14.2 Å². The zero-order valence-corrected chi connectivity index (χ0v) is 20.6. The number of furan rings is 1. The van der Waals surface area contributed by atoms with Gasteiger partial charge >= 0.3 is 0 Å². The summed E-state index contributed by atoms with van der Waals surface area (Å²) < 4.78 is 5.95. The van der Waals surface area contributed by atoms with Gasteiger partial charge in [0.25, 0.3) is 11.6 Å². The Morgan fingerprint density at radius 2 is 1.71 bits per heavy atom. The average Bonchev–Trinajstić information content (AvgIpc) is 3.33. The summed E-state index contributed by atoms with van der Waals surface area (Å²) in [5, 5.41) is 11.6. The van der Waals surface area contributed by atoms with Gasteiger partial charge in [-0.2, -0.15) is 0 Å². The van der Waals surface area contributed by atoms with Crippen LogP contribution in [0.15, 0.2) is 65.1 Å². The molecule has 3 aromatic rings. The Bertz CT molecular complexity index is 1170. The van der Waals surface area contributed by atoms with Gasteiger partial charge in [-0.15, -0.1) is 0 Å². The summed E-state index contributed by atoms with van der Waals surface area (Å²) in [5.74, 6) is 0.950. The van der Waals surface area contributed by atoms with Crippen molar-refractivity contribution in [3.8, 4) is 0 Å². The van der Waals surface area contributed by atoms with E-state index in [9.17, 15) is 14.9 Å². The highest BCUT2D eigenvalue weighted by Crippen LogP contribution is 2.23. The van der Waals surface area contributed by atoms with Crippen LogP contribution in [0, 0.1) is 10.1 Å². The van der Waals surface area contributed by atoms with Gasteiger partial charge in [-0.05, 0) is 49.7 Å². The molecule has 9 heteroatoms. The van der Waals surface area contributed by atoms with Crippen molar-refractivity contribution >= 4 is 28.9 Å². The van der Waals surface area contributed by atoms with Crippen LogP contribution in [-0.2, 0) is 13.1 Å². The second kappa shape index (κ2) is 10.9. The quantitative estimate of drug-likeness (QED) is 0.314. The maximum atomic E-state index is 13.0. The van der Waals surface area contributed by atoms with E-state index < -0.39 is 4.92 Å². The first kappa shape index (κ1) is 24.8. The number of carbonyl (C=O) groups is 1. The highest BCUT2D eigenvalue weighted by Gasteiger charge is 2.25. The molecule has 2 aromatic carbocycles. The largest absolute Gasteiger partial charge is 0.455 e. The van der Waals surface area contributed by atoms with Crippen molar-refractivity contribution in [1.29, 1.82) is 0 Å². The molecule has 0 spiro atoms. The minimum absolute atomic E-state index is 0.0686. The number of halogens is 1. The fraction of sp³-hybridized carbons (Fsp3) is 0.346. The number of nitro benzene ring substituents is 1. The molecule has 0 radical (unpaired) electrons. The molecule has 4 rings (SSSR count). The van der Waals surface area contributed by atoms with E-state index in [2.05, 4.69) is 23.6 Å². The Labute approximate surface area is 209 Å². The molecule has 1 fully saturated rings. The Kier molecular flexibility index (Phi) is 7.73. The fourth-order valence-corrected chi connectivity index (χ4v) is 4.35. The number of nitrogens with zero attached hydrogens (tertiary/aromatic N) is 4. The predicted octanol–water partition coefficient (Wildman–Crippen LogP) is 5.21. The third-order valence-electron chi connectivity index (χ3n) is 6.29. The number of rotatable bonds is 8. The van der Waals surface area contributed by atoms with Crippen LogP contribution in [0.3, 0.4) is 0 Å². The van der Waals surface area contributed by atoms with E-state index in [0.717, 1.165) is 22.0 Å². The molecule has 184 valence electrons. The maximum absolute atomic E-state index is 13.0. The normalized spacial score (nSPS) is 14.1. The number of amides is 1. The molecule has 0 N–H and O–H groups in total. The molecule has 1 aromatic heterocycles. The van der Waals surface area contributed by atoms with Crippen molar-refractivity contribution < 1.29 is 14.1 Å². The number of piperazine rings is 1. The number of hydrogen-bond acceptors (Lipinski definition) is 6. The van der Waals surface area contributed by atoms with E-state index in [1.165, 1.54) is 12.1 Å². The van der Waals surface area contributed by atoms with Gasteiger partial charge in [-0.1, -0.05) is 29.8 Å². The molecule has 0 unspecified atom stereocenters. The minimum atomic E-state index is -0.408. The lowest BCUT2D eigenvalue weighted by molar-refractivity contribution is -0.384. The Morgan fingerprint density at radius 1 is 1.03 bits per heavy atom. The minimum Gasteiger partial charge on any atom is -0.455 e. The third-order valence-corrected chi connectivity index (χ3v) is 6.65. The summed E-state index contributed by atoms with van der Waals surface area (Å²) in [4.78, 5) is 29.6. The van der Waals surface area contributed by atoms with Crippen LogP contribution in [-0.4, -0.2) is 52.9 Å². The fourth-order valence-electron chi connectivity index (χ4n) is 4.15. The standard InChI is InChI=1S/C26H29ClN4O4/c1-19(2)30(17-20-5-3-4-6-24(20)27)18-23-11-12-25(35-23)26(32)29-15-13-28(14-16-29)21-7-9-22(10-8-21)31(33)34/h3-12,19H,13-18H2,1-2H3. The van der Waals surface area contributed by atoms with Gasteiger partial charge in [0.15, 0.2) is 5.76 Å². The van der Waals surface area contributed by atoms with Gasteiger partial charge in [0.05, 0.1) is 11.5 Å². The van der Waals surface area contributed by atoms with Gasteiger partial charge in [-0.3, -0.25) is 19.8 Å². The molecule has 0 atom stereocenters. The lowest BCUT2D eigenvalue weighted by Gasteiger charge is -2.35. The lowest BCUT2D eigenvalue weighted by atomic mass is 10.2. The molecule has 35 heavy (non-hydrogen) atoms. The van der Waals surface area contributed by atoms with Crippen molar-refractivity contribution in [3.63, 3.8) is 0 Å². The van der Waals surface area contributed by atoms with Gasteiger partial charge in [0.1, 0.15) is 5.76 Å². The van der Waals surface area contributed by atoms with E-state index in [-0.39, 0.29) is 17.6 Å². The molecule has 1 amide bonds. The van der Waals surface area contributed by atoms with Crippen LogP contribution < -0.4 is 4.90 Å². The van der Waals surface area contributed by atoms with E-state index in [0.29, 0.717) is 45.0 Å². The molecular formula is C26H29ClN4O4. The average molecular weight is 497 g/mol. The zero-order valence-electron chi connectivity index (χ0n) is 19.9. The third kappa shape index (κ3) is 6.01. The number of non-ortho nitro benzene ring substituents is 1. The van der Waals surface area contributed by atoms with Crippen LogP contribution >= 0.6 is 11.6 Å². The molecule has 2 heterocycles. The topological polar surface area (TPSA) is 83.1 Å². The van der Waals surface area contributed by atoms with Crippen molar-refractivity contribution in [3.05, 3.63) is 92.9 Å². The second-order valence-corrected chi connectivity index (χ2v) is 9.32. The second-order valence-electron chi connectivity index (χ2n) is 8.91. The van der Waals surface area contributed by atoms with Gasteiger partial charge in [0, 0.05) is 61.6 Å². The zero-order chi connectivity index (χ0) is 24.9. The van der Waals surface area contributed by atoms with Crippen LogP contribution in [0.2, 0.25) is 5.02 Å². The summed E-state index contributed by atoms with van der Waals surface area (Å²) in [7, 11) is 0. The molecule has 8 nitrogen and oxygen atoms in total. The Balaban J connectivity index is 1.34. The number of nitro groups is 1. The van der Waals surface area contributed by atoms with Crippen molar-refractivity contribution in [2.75, 3.05) is 31.1 Å². The van der Waals surface area contributed by atoms with Crippen LogP contribution in [0.4, 0.5) is 11.4 Å². The number of benzene rings is 2. The SMILES string of the molecule is CC(C)N(Cc1ccc(C(=O)N2CCN(c3ccc([N+](=O)[O-])cc3)CC2)o1)Cc1ccccc1Cl. The number of anilines is 1. The highest BCUT2D eigenvalue weighted by atomic mass is 35.5. The van der Waals surface area contributed by atoms with Crippen molar-refractivity contribution in [2.24, 2.45) is 0 Å².